The Hall–Kier alpha value is -1.58. The van der Waals surface area contributed by atoms with Gasteiger partial charge in [-0.25, -0.2) is 0 Å². The maximum Gasteiger partial charge on any atom is 0.253 e. The van der Waals surface area contributed by atoms with E-state index >= 15 is 0 Å². The van der Waals surface area contributed by atoms with Crippen LogP contribution in [0.1, 0.15) is 48.9 Å². The highest BCUT2D eigenvalue weighted by Crippen LogP contribution is 2.49. The lowest BCUT2D eigenvalue weighted by molar-refractivity contribution is -0.122. The molecule has 0 unspecified atom stereocenters. The minimum absolute atomic E-state index is 0.0897. The van der Waals surface area contributed by atoms with E-state index in [1.807, 2.05) is 19.9 Å². The number of aromatic amines is 1. The Morgan fingerprint density at radius 2 is 2.14 bits per heavy atom. The van der Waals surface area contributed by atoms with Gasteiger partial charge in [-0.15, -0.1) is 0 Å². The first-order valence-corrected chi connectivity index (χ1v) is 7.99. The van der Waals surface area contributed by atoms with Crippen molar-refractivity contribution in [3.05, 3.63) is 33.2 Å². The number of fused-ring (bicyclic) bond motifs is 2. The van der Waals surface area contributed by atoms with E-state index in [9.17, 15) is 9.59 Å². The number of rotatable bonds is 4. The van der Waals surface area contributed by atoms with Gasteiger partial charge in [-0.05, 0) is 62.5 Å². The van der Waals surface area contributed by atoms with Crippen molar-refractivity contribution in [3.8, 4) is 0 Å². The van der Waals surface area contributed by atoms with Crippen molar-refractivity contribution < 1.29 is 4.79 Å². The first-order valence-electron chi connectivity index (χ1n) is 7.99. The summed E-state index contributed by atoms with van der Waals surface area (Å²) in [7, 11) is 0. The van der Waals surface area contributed by atoms with Gasteiger partial charge in [0.1, 0.15) is 0 Å². The predicted molar refractivity (Wildman–Crippen MR) is 81.9 cm³/mol. The summed E-state index contributed by atoms with van der Waals surface area (Å²) in [5.74, 6) is 2.30. The van der Waals surface area contributed by atoms with Crippen LogP contribution in [0.3, 0.4) is 0 Å². The molecule has 1 aromatic heterocycles. The molecule has 0 aromatic carbocycles. The molecule has 21 heavy (non-hydrogen) atoms. The summed E-state index contributed by atoms with van der Waals surface area (Å²) in [4.78, 5) is 26.8. The molecule has 1 amide bonds. The van der Waals surface area contributed by atoms with Gasteiger partial charge in [0, 0.05) is 24.2 Å². The van der Waals surface area contributed by atoms with Crippen LogP contribution in [0.4, 0.5) is 0 Å². The van der Waals surface area contributed by atoms with Gasteiger partial charge in [0.2, 0.25) is 5.91 Å². The summed E-state index contributed by atoms with van der Waals surface area (Å²) in [5.41, 5.74) is 2.38. The number of pyridine rings is 1. The van der Waals surface area contributed by atoms with Crippen molar-refractivity contribution in [1.82, 2.24) is 10.3 Å². The van der Waals surface area contributed by atoms with Crippen LogP contribution >= 0.6 is 0 Å². The molecule has 114 valence electrons. The van der Waals surface area contributed by atoms with E-state index in [4.69, 9.17) is 0 Å². The molecule has 4 heteroatoms. The summed E-state index contributed by atoms with van der Waals surface area (Å²) in [6.07, 6.45) is 5.85. The normalized spacial score (nSPS) is 27.0. The quantitative estimate of drug-likeness (QED) is 0.894. The molecule has 2 N–H and O–H groups in total. The highest BCUT2D eigenvalue weighted by molar-refractivity contribution is 5.76. The van der Waals surface area contributed by atoms with Crippen molar-refractivity contribution in [2.45, 2.75) is 52.5 Å². The fraction of sp³-hybridized carbons (Fsp3) is 0.647. The van der Waals surface area contributed by atoms with Gasteiger partial charge in [-0.3, -0.25) is 9.59 Å². The average molecular weight is 288 g/mol. The molecular weight excluding hydrogens is 264 g/mol. The molecule has 4 nitrogen and oxygen atoms in total. The Balaban J connectivity index is 1.56. The molecule has 2 fully saturated rings. The maximum atomic E-state index is 12.1. The van der Waals surface area contributed by atoms with Crippen molar-refractivity contribution in [3.63, 3.8) is 0 Å². The zero-order valence-electron chi connectivity index (χ0n) is 12.9. The Kier molecular flexibility index (Phi) is 3.87. The van der Waals surface area contributed by atoms with Crippen molar-refractivity contribution >= 4 is 5.91 Å². The fourth-order valence-electron chi connectivity index (χ4n) is 4.22. The van der Waals surface area contributed by atoms with Crippen molar-refractivity contribution in [2.24, 2.45) is 17.8 Å². The zero-order chi connectivity index (χ0) is 15.0. The minimum atomic E-state index is -0.0901. The molecule has 3 rings (SSSR count). The Morgan fingerprint density at radius 1 is 1.33 bits per heavy atom. The topological polar surface area (TPSA) is 62.0 Å². The Bertz CT molecular complexity index is 605. The monoisotopic (exact) mass is 288 g/mol. The third-order valence-corrected chi connectivity index (χ3v) is 5.29. The van der Waals surface area contributed by atoms with Crippen LogP contribution in [-0.4, -0.2) is 10.9 Å². The summed E-state index contributed by atoms with van der Waals surface area (Å²) in [6, 6.07) is 1.94. The van der Waals surface area contributed by atoms with Crippen LogP contribution in [0, 0.1) is 31.6 Å². The molecule has 3 atom stereocenters. The van der Waals surface area contributed by atoms with E-state index < -0.39 is 0 Å². The molecule has 1 aromatic rings. The predicted octanol–water partition coefficient (Wildman–Crippen LogP) is 2.43. The standard InChI is InChI=1S/C17H24N2O2/c1-10-5-11(2)19-17(21)15(10)9-18-16(20)8-14-7-12-3-4-13(14)6-12/h5,12-14H,3-4,6-9H2,1-2H3,(H,18,20)(H,19,21)/t12-,13-,14+/m0/s1. The average Bonchev–Trinajstić information content (AvgIpc) is 2.99. The van der Waals surface area contributed by atoms with E-state index in [2.05, 4.69) is 10.3 Å². The number of aryl methyl sites for hydroxylation is 2. The molecule has 1 heterocycles. The molecule has 0 spiro atoms. The minimum Gasteiger partial charge on any atom is -0.352 e. The number of hydrogen-bond acceptors (Lipinski definition) is 2. The summed E-state index contributed by atoms with van der Waals surface area (Å²) in [6.45, 7) is 4.12. The fourth-order valence-corrected chi connectivity index (χ4v) is 4.22. The third kappa shape index (κ3) is 3.04. The highest BCUT2D eigenvalue weighted by Gasteiger charge is 2.40. The molecule has 0 saturated heterocycles. The Labute approximate surface area is 125 Å². The zero-order valence-corrected chi connectivity index (χ0v) is 12.9. The van der Waals surface area contributed by atoms with Gasteiger partial charge < -0.3 is 10.3 Å². The molecular formula is C17H24N2O2. The summed E-state index contributed by atoms with van der Waals surface area (Å²) < 4.78 is 0. The second-order valence-corrected chi connectivity index (χ2v) is 6.86. The van der Waals surface area contributed by atoms with Crippen LogP contribution in [-0.2, 0) is 11.3 Å². The van der Waals surface area contributed by atoms with Gasteiger partial charge in [-0.2, -0.15) is 0 Å². The number of carbonyl (C=O) groups is 1. The number of nitrogens with one attached hydrogen (secondary N) is 2. The molecule has 2 aliphatic rings. The lowest BCUT2D eigenvalue weighted by Crippen LogP contribution is -2.30. The van der Waals surface area contributed by atoms with Gasteiger partial charge >= 0.3 is 0 Å². The van der Waals surface area contributed by atoms with E-state index in [1.165, 1.54) is 25.7 Å². The largest absolute Gasteiger partial charge is 0.352 e. The van der Waals surface area contributed by atoms with Crippen molar-refractivity contribution in [2.75, 3.05) is 0 Å². The number of carbonyl (C=O) groups excluding carboxylic acids is 1. The maximum absolute atomic E-state index is 12.1. The van der Waals surface area contributed by atoms with Crippen LogP contribution in [0.2, 0.25) is 0 Å². The first kappa shape index (κ1) is 14.4. The van der Waals surface area contributed by atoms with E-state index in [1.54, 1.807) is 0 Å². The SMILES string of the molecule is Cc1cc(C)c(CNC(=O)C[C@H]2C[C@H]3CC[C@H]2C3)c(=O)[nH]1. The number of H-pyrrole nitrogens is 1. The Morgan fingerprint density at radius 3 is 2.76 bits per heavy atom. The number of amides is 1. The number of aromatic nitrogens is 1. The van der Waals surface area contributed by atoms with E-state index in [-0.39, 0.29) is 11.5 Å². The van der Waals surface area contributed by atoms with Crippen LogP contribution in [0.15, 0.2) is 10.9 Å². The van der Waals surface area contributed by atoms with E-state index in [0.717, 1.165) is 23.1 Å². The lowest BCUT2D eigenvalue weighted by atomic mass is 9.86. The summed E-state index contributed by atoms with van der Waals surface area (Å²) >= 11 is 0. The third-order valence-electron chi connectivity index (χ3n) is 5.29. The first-order chi connectivity index (χ1) is 10.0. The molecule has 2 saturated carbocycles. The molecule has 2 bridgehead atoms. The van der Waals surface area contributed by atoms with Gasteiger partial charge in [0.05, 0.1) is 0 Å². The van der Waals surface area contributed by atoms with Crippen LogP contribution in [0.25, 0.3) is 0 Å². The molecule has 2 aliphatic carbocycles. The smallest absolute Gasteiger partial charge is 0.253 e. The number of hydrogen-bond donors (Lipinski definition) is 2. The van der Waals surface area contributed by atoms with Gasteiger partial charge in [-0.1, -0.05) is 6.42 Å². The van der Waals surface area contributed by atoms with Crippen molar-refractivity contribution in [1.29, 1.82) is 0 Å². The van der Waals surface area contributed by atoms with Crippen LogP contribution < -0.4 is 10.9 Å². The van der Waals surface area contributed by atoms with Crippen LogP contribution in [0.5, 0.6) is 0 Å². The second-order valence-electron chi connectivity index (χ2n) is 6.86. The van der Waals surface area contributed by atoms with Gasteiger partial charge in [0.25, 0.3) is 5.56 Å². The lowest BCUT2D eigenvalue weighted by Gasteiger charge is -2.21. The molecule has 0 radical (unpaired) electrons. The summed E-state index contributed by atoms with van der Waals surface area (Å²) in [5, 5.41) is 2.93. The van der Waals surface area contributed by atoms with E-state index in [0.29, 0.717) is 24.4 Å². The second kappa shape index (κ2) is 5.66. The molecule has 0 aliphatic heterocycles. The van der Waals surface area contributed by atoms with Gasteiger partial charge in [0.15, 0.2) is 0 Å². The highest BCUT2D eigenvalue weighted by atomic mass is 16.1.